The zero-order chi connectivity index (χ0) is 17.3. The number of aromatic nitrogens is 1. The SMILES string of the molecule is Cc1noc(C)c1S(=O)(=O)Nc1cc(N2CCOCC2)ccc1F. The summed E-state index contributed by atoms with van der Waals surface area (Å²) in [5, 5.41) is 3.63. The number of benzene rings is 1. The third-order valence-corrected chi connectivity index (χ3v) is 5.42. The molecule has 130 valence electrons. The Morgan fingerprint density at radius 2 is 1.96 bits per heavy atom. The maximum absolute atomic E-state index is 14.1. The number of sulfonamides is 1. The van der Waals surface area contributed by atoms with E-state index in [0.29, 0.717) is 26.3 Å². The first-order valence-corrected chi connectivity index (χ1v) is 8.95. The number of hydrogen-bond acceptors (Lipinski definition) is 6. The Morgan fingerprint density at radius 1 is 1.25 bits per heavy atom. The van der Waals surface area contributed by atoms with Gasteiger partial charge in [-0.3, -0.25) is 4.72 Å². The smallest absolute Gasteiger partial charge is 0.267 e. The lowest BCUT2D eigenvalue weighted by Crippen LogP contribution is -2.36. The van der Waals surface area contributed by atoms with Gasteiger partial charge in [0.15, 0.2) is 10.7 Å². The van der Waals surface area contributed by atoms with E-state index in [-0.39, 0.29) is 22.0 Å². The Morgan fingerprint density at radius 3 is 2.58 bits per heavy atom. The summed E-state index contributed by atoms with van der Waals surface area (Å²) in [7, 11) is -3.99. The summed E-state index contributed by atoms with van der Waals surface area (Å²) >= 11 is 0. The van der Waals surface area contributed by atoms with Crippen molar-refractivity contribution < 1.29 is 22.1 Å². The number of nitrogens with one attached hydrogen (secondary N) is 1. The van der Waals surface area contributed by atoms with Crippen molar-refractivity contribution in [3.8, 4) is 0 Å². The number of aryl methyl sites for hydroxylation is 2. The summed E-state index contributed by atoms with van der Waals surface area (Å²) in [6.07, 6.45) is 0. The molecule has 0 aliphatic carbocycles. The Hall–Kier alpha value is -2.13. The molecule has 2 aromatic rings. The largest absolute Gasteiger partial charge is 0.378 e. The van der Waals surface area contributed by atoms with Crippen molar-refractivity contribution in [1.29, 1.82) is 0 Å². The molecule has 1 aliphatic heterocycles. The van der Waals surface area contributed by atoms with Crippen molar-refractivity contribution >= 4 is 21.4 Å². The molecule has 1 N–H and O–H groups in total. The molecule has 0 unspecified atom stereocenters. The number of ether oxygens (including phenoxy) is 1. The van der Waals surface area contributed by atoms with Crippen molar-refractivity contribution in [1.82, 2.24) is 5.16 Å². The minimum Gasteiger partial charge on any atom is -0.378 e. The standard InChI is InChI=1S/C15H18FN3O4S/c1-10-15(11(2)23-17-10)24(20,21)18-14-9-12(3-4-13(14)16)19-5-7-22-8-6-19/h3-4,9,18H,5-8H2,1-2H3. The molecule has 7 nitrogen and oxygen atoms in total. The van der Waals surface area contributed by atoms with Crippen LogP contribution in [0.2, 0.25) is 0 Å². The van der Waals surface area contributed by atoms with Crippen LogP contribution in [0.5, 0.6) is 0 Å². The monoisotopic (exact) mass is 355 g/mol. The average Bonchev–Trinajstić information content (AvgIpc) is 2.90. The van der Waals surface area contributed by atoms with E-state index in [9.17, 15) is 12.8 Å². The Balaban J connectivity index is 1.92. The summed E-state index contributed by atoms with van der Waals surface area (Å²) in [6, 6.07) is 4.35. The van der Waals surface area contributed by atoms with Gasteiger partial charge in [-0.05, 0) is 32.0 Å². The number of anilines is 2. The molecular weight excluding hydrogens is 337 g/mol. The number of rotatable bonds is 4. The first kappa shape index (κ1) is 16.7. The van der Waals surface area contributed by atoms with Crippen molar-refractivity contribution in [3.05, 3.63) is 35.5 Å². The van der Waals surface area contributed by atoms with Crippen LogP contribution in [0.3, 0.4) is 0 Å². The van der Waals surface area contributed by atoms with E-state index in [1.54, 1.807) is 6.07 Å². The van der Waals surface area contributed by atoms with Crippen LogP contribution in [-0.4, -0.2) is 39.9 Å². The van der Waals surface area contributed by atoms with Crippen LogP contribution in [0, 0.1) is 19.7 Å². The zero-order valence-corrected chi connectivity index (χ0v) is 14.2. The molecule has 1 fully saturated rings. The topological polar surface area (TPSA) is 84.7 Å². The van der Waals surface area contributed by atoms with Gasteiger partial charge in [0.2, 0.25) is 0 Å². The van der Waals surface area contributed by atoms with Crippen molar-refractivity contribution in [2.24, 2.45) is 0 Å². The van der Waals surface area contributed by atoms with E-state index in [1.165, 1.54) is 26.0 Å². The lowest BCUT2D eigenvalue weighted by atomic mass is 10.2. The molecule has 1 saturated heterocycles. The van der Waals surface area contributed by atoms with Crippen molar-refractivity contribution in [3.63, 3.8) is 0 Å². The van der Waals surface area contributed by atoms with Crippen LogP contribution in [-0.2, 0) is 14.8 Å². The first-order chi connectivity index (χ1) is 11.4. The molecule has 0 amide bonds. The molecular formula is C15H18FN3O4S. The lowest BCUT2D eigenvalue weighted by Gasteiger charge is -2.29. The van der Waals surface area contributed by atoms with Gasteiger partial charge >= 0.3 is 0 Å². The van der Waals surface area contributed by atoms with E-state index < -0.39 is 15.8 Å². The average molecular weight is 355 g/mol. The quantitative estimate of drug-likeness (QED) is 0.904. The molecule has 0 bridgehead atoms. The first-order valence-electron chi connectivity index (χ1n) is 7.46. The third kappa shape index (κ3) is 3.22. The highest BCUT2D eigenvalue weighted by Crippen LogP contribution is 2.27. The van der Waals surface area contributed by atoms with Crippen molar-refractivity contribution in [2.75, 3.05) is 35.9 Å². The highest BCUT2D eigenvalue weighted by molar-refractivity contribution is 7.92. The molecule has 3 rings (SSSR count). The van der Waals surface area contributed by atoms with Crippen LogP contribution in [0.1, 0.15) is 11.5 Å². The predicted octanol–water partition coefficient (Wildman–Crippen LogP) is 2.07. The molecule has 0 saturated carbocycles. The summed E-state index contributed by atoms with van der Waals surface area (Å²) < 4.78 is 51.6. The van der Waals surface area contributed by atoms with Gasteiger partial charge in [-0.15, -0.1) is 0 Å². The molecule has 1 aliphatic rings. The lowest BCUT2D eigenvalue weighted by molar-refractivity contribution is 0.122. The predicted molar refractivity (Wildman–Crippen MR) is 86.2 cm³/mol. The molecule has 0 radical (unpaired) electrons. The van der Waals surface area contributed by atoms with Crippen molar-refractivity contribution in [2.45, 2.75) is 18.7 Å². The fourth-order valence-corrected chi connectivity index (χ4v) is 4.05. The second-order valence-electron chi connectivity index (χ2n) is 5.52. The molecule has 2 heterocycles. The Bertz CT molecular complexity index is 825. The number of halogens is 1. The molecule has 1 aromatic carbocycles. The van der Waals surface area contributed by atoms with Crippen LogP contribution in [0.15, 0.2) is 27.6 Å². The van der Waals surface area contributed by atoms with Gasteiger partial charge in [0, 0.05) is 18.8 Å². The van der Waals surface area contributed by atoms with Crippen LogP contribution in [0.25, 0.3) is 0 Å². The van der Waals surface area contributed by atoms with E-state index in [1.807, 2.05) is 4.90 Å². The Kier molecular flexibility index (Phi) is 4.46. The van der Waals surface area contributed by atoms with E-state index in [0.717, 1.165) is 5.69 Å². The molecule has 9 heteroatoms. The molecule has 0 atom stereocenters. The Labute approximate surface area is 139 Å². The minimum absolute atomic E-state index is 0.0707. The van der Waals surface area contributed by atoms with Crippen LogP contribution in [0.4, 0.5) is 15.8 Å². The number of nitrogens with zero attached hydrogens (tertiary/aromatic N) is 2. The zero-order valence-electron chi connectivity index (χ0n) is 13.4. The molecule has 24 heavy (non-hydrogen) atoms. The van der Waals surface area contributed by atoms with Gasteiger partial charge in [-0.2, -0.15) is 0 Å². The van der Waals surface area contributed by atoms with Gasteiger partial charge in [-0.1, -0.05) is 5.16 Å². The van der Waals surface area contributed by atoms with Crippen LogP contribution < -0.4 is 9.62 Å². The van der Waals surface area contributed by atoms with Gasteiger partial charge in [0.1, 0.15) is 11.5 Å². The third-order valence-electron chi connectivity index (χ3n) is 3.81. The van der Waals surface area contributed by atoms with E-state index >= 15 is 0 Å². The second kappa shape index (κ2) is 6.40. The van der Waals surface area contributed by atoms with Gasteiger partial charge in [-0.25, -0.2) is 12.8 Å². The molecule has 1 aromatic heterocycles. The highest BCUT2D eigenvalue weighted by atomic mass is 32.2. The van der Waals surface area contributed by atoms with Gasteiger partial charge in [0.05, 0.1) is 18.9 Å². The van der Waals surface area contributed by atoms with Gasteiger partial charge in [0.25, 0.3) is 10.0 Å². The summed E-state index contributed by atoms with van der Waals surface area (Å²) in [5.74, 6) is -0.493. The summed E-state index contributed by atoms with van der Waals surface area (Å²) in [5.41, 5.74) is 0.847. The fraction of sp³-hybridized carbons (Fsp3) is 0.400. The normalized spacial score (nSPS) is 15.5. The summed E-state index contributed by atoms with van der Waals surface area (Å²) in [6.45, 7) is 5.51. The minimum atomic E-state index is -3.99. The summed E-state index contributed by atoms with van der Waals surface area (Å²) in [4.78, 5) is 1.94. The number of morpholine rings is 1. The highest BCUT2D eigenvalue weighted by Gasteiger charge is 2.25. The fourth-order valence-electron chi connectivity index (χ4n) is 2.66. The van der Waals surface area contributed by atoms with Crippen LogP contribution >= 0.6 is 0 Å². The maximum atomic E-state index is 14.1. The molecule has 0 spiro atoms. The second-order valence-corrected chi connectivity index (χ2v) is 7.14. The maximum Gasteiger partial charge on any atom is 0.267 e. The van der Waals surface area contributed by atoms with E-state index in [2.05, 4.69) is 9.88 Å². The number of hydrogen-bond donors (Lipinski definition) is 1. The van der Waals surface area contributed by atoms with E-state index in [4.69, 9.17) is 9.26 Å². The van der Waals surface area contributed by atoms with Gasteiger partial charge < -0.3 is 14.2 Å².